The topological polar surface area (TPSA) is 88.8 Å². The molecule has 5 nitrogen and oxygen atoms in total. The fraction of sp³-hybridized carbons (Fsp3) is 0.400. The maximum absolute atomic E-state index is 12.4. The van der Waals surface area contributed by atoms with Crippen LogP contribution in [0.15, 0.2) is 30.3 Å². The first-order valence-corrected chi connectivity index (χ1v) is 9.89. The van der Waals surface area contributed by atoms with Gasteiger partial charge >= 0.3 is 0 Å². The molecule has 0 spiro atoms. The molecule has 6 heteroatoms. The average molecular weight is 373 g/mol. The number of anilines is 1. The Kier molecular flexibility index (Phi) is 5.74. The minimum Gasteiger partial charge on any atom is -0.365 e. The maximum Gasteiger partial charge on any atom is 0.280 e. The molecule has 2 amide bonds. The van der Waals surface area contributed by atoms with E-state index in [-0.39, 0.29) is 11.9 Å². The quantitative estimate of drug-likeness (QED) is 0.726. The van der Waals surface area contributed by atoms with E-state index in [1.165, 1.54) is 21.8 Å². The molecule has 0 bridgehead atoms. The van der Waals surface area contributed by atoms with Crippen LogP contribution >= 0.6 is 11.3 Å². The van der Waals surface area contributed by atoms with Gasteiger partial charge in [0.25, 0.3) is 11.8 Å². The SMILES string of the molecule is C[C@@H]1CCc2c(sc(NC(=O)C[NH2+][C@@H](C)c3ccccc3)c2C(N)=O)C1. The Morgan fingerprint density at radius 2 is 2.08 bits per heavy atom. The number of hydrogen-bond acceptors (Lipinski definition) is 3. The summed E-state index contributed by atoms with van der Waals surface area (Å²) in [5.41, 5.74) is 8.33. The number of quaternary nitrogens is 1. The first-order chi connectivity index (χ1) is 12.5. The molecule has 0 saturated heterocycles. The number of amides is 2. The number of thiophene rings is 1. The van der Waals surface area contributed by atoms with Crippen molar-refractivity contribution in [2.75, 3.05) is 11.9 Å². The summed E-state index contributed by atoms with van der Waals surface area (Å²) in [4.78, 5) is 25.5. The van der Waals surface area contributed by atoms with Crippen molar-refractivity contribution in [3.05, 3.63) is 51.9 Å². The number of carbonyl (C=O) groups is 2. The van der Waals surface area contributed by atoms with E-state index in [1.54, 1.807) is 0 Å². The van der Waals surface area contributed by atoms with Crippen molar-refractivity contribution in [1.29, 1.82) is 0 Å². The lowest BCUT2D eigenvalue weighted by molar-refractivity contribution is -0.682. The molecule has 1 heterocycles. The number of nitrogens with two attached hydrogens (primary N) is 2. The highest BCUT2D eigenvalue weighted by molar-refractivity contribution is 7.17. The van der Waals surface area contributed by atoms with Gasteiger partial charge in [-0.25, -0.2) is 0 Å². The first kappa shape index (κ1) is 18.6. The van der Waals surface area contributed by atoms with Crippen molar-refractivity contribution in [1.82, 2.24) is 0 Å². The summed E-state index contributed by atoms with van der Waals surface area (Å²) in [7, 11) is 0. The third kappa shape index (κ3) is 4.14. The van der Waals surface area contributed by atoms with E-state index in [9.17, 15) is 9.59 Å². The van der Waals surface area contributed by atoms with Gasteiger partial charge in [-0.1, -0.05) is 37.3 Å². The van der Waals surface area contributed by atoms with Gasteiger partial charge in [0.2, 0.25) is 0 Å². The lowest BCUT2D eigenvalue weighted by Crippen LogP contribution is -2.86. The van der Waals surface area contributed by atoms with Crippen LogP contribution in [0.1, 0.15) is 52.7 Å². The van der Waals surface area contributed by atoms with Gasteiger partial charge in [-0.15, -0.1) is 11.3 Å². The maximum atomic E-state index is 12.4. The van der Waals surface area contributed by atoms with Crippen LogP contribution in [0.2, 0.25) is 0 Å². The van der Waals surface area contributed by atoms with Gasteiger partial charge in [-0.05, 0) is 37.7 Å². The lowest BCUT2D eigenvalue weighted by atomic mass is 9.88. The highest BCUT2D eigenvalue weighted by Crippen LogP contribution is 2.39. The number of carbonyl (C=O) groups excluding carboxylic acids is 2. The van der Waals surface area contributed by atoms with Gasteiger partial charge < -0.3 is 16.4 Å². The molecule has 2 aromatic rings. The monoisotopic (exact) mass is 372 g/mol. The van der Waals surface area contributed by atoms with E-state index in [0.717, 1.165) is 24.8 Å². The highest BCUT2D eigenvalue weighted by atomic mass is 32.1. The van der Waals surface area contributed by atoms with Gasteiger partial charge in [0.1, 0.15) is 11.0 Å². The van der Waals surface area contributed by atoms with E-state index < -0.39 is 5.91 Å². The lowest BCUT2D eigenvalue weighted by Gasteiger charge is -2.18. The number of benzene rings is 1. The van der Waals surface area contributed by atoms with E-state index in [1.807, 2.05) is 23.5 Å². The van der Waals surface area contributed by atoms with Crippen LogP contribution < -0.4 is 16.4 Å². The van der Waals surface area contributed by atoms with Crippen molar-refractivity contribution < 1.29 is 14.9 Å². The normalized spacial score (nSPS) is 17.4. The molecule has 0 unspecified atom stereocenters. The summed E-state index contributed by atoms with van der Waals surface area (Å²) in [6, 6.07) is 10.3. The molecular formula is C20H26N3O2S+. The van der Waals surface area contributed by atoms with Crippen molar-refractivity contribution in [2.24, 2.45) is 11.7 Å². The first-order valence-electron chi connectivity index (χ1n) is 9.08. The molecule has 5 N–H and O–H groups in total. The molecular weight excluding hydrogens is 346 g/mol. The molecule has 0 saturated carbocycles. The number of primary amides is 1. The fourth-order valence-corrected chi connectivity index (χ4v) is 4.89. The molecule has 1 aromatic carbocycles. The second-order valence-electron chi connectivity index (χ2n) is 7.11. The van der Waals surface area contributed by atoms with Crippen LogP contribution in [-0.4, -0.2) is 18.4 Å². The smallest absolute Gasteiger partial charge is 0.280 e. The molecule has 0 radical (unpaired) electrons. The molecule has 2 atom stereocenters. The van der Waals surface area contributed by atoms with E-state index in [4.69, 9.17) is 5.73 Å². The predicted molar refractivity (Wildman–Crippen MR) is 104 cm³/mol. The zero-order chi connectivity index (χ0) is 18.7. The van der Waals surface area contributed by atoms with Crippen molar-refractivity contribution in [3.8, 4) is 0 Å². The second kappa shape index (κ2) is 8.01. The minimum absolute atomic E-state index is 0.109. The summed E-state index contributed by atoms with van der Waals surface area (Å²) < 4.78 is 0. The molecule has 138 valence electrons. The largest absolute Gasteiger partial charge is 0.365 e. The number of hydrogen-bond donors (Lipinski definition) is 3. The Bertz CT molecular complexity index is 801. The summed E-state index contributed by atoms with van der Waals surface area (Å²) in [6.07, 6.45) is 2.87. The van der Waals surface area contributed by atoms with E-state index >= 15 is 0 Å². The molecule has 26 heavy (non-hydrogen) atoms. The van der Waals surface area contributed by atoms with Gasteiger partial charge in [0.05, 0.1) is 5.56 Å². The Morgan fingerprint density at radius 1 is 1.35 bits per heavy atom. The van der Waals surface area contributed by atoms with Crippen molar-refractivity contribution in [3.63, 3.8) is 0 Å². The Morgan fingerprint density at radius 3 is 2.77 bits per heavy atom. The predicted octanol–water partition coefficient (Wildman–Crippen LogP) is 2.23. The van der Waals surface area contributed by atoms with Gasteiger partial charge in [0.15, 0.2) is 6.54 Å². The molecule has 1 aliphatic rings. The van der Waals surface area contributed by atoms with E-state index in [2.05, 4.69) is 31.3 Å². The molecule has 0 aliphatic heterocycles. The van der Waals surface area contributed by atoms with E-state index in [0.29, 0.717) is 23.0 Å². The Labute approximate surface area is 158 Å². The highest BCUT2D eigenvalue weighted by Gasteiger charge is 2.27. The van der Waals surface area contributed by atoms with Crippen LogP contribution in [0.4, 0.5) is 5.00 Å². The average Bonchev–Trinajstić information content (AvgIpc) is 2.97. The van der Waals surface area contributed by atoms with Crippen LogP contribution in [-0.2, 0) is 17.6 Å². The summed E-state index contributed by atoms with van der Waals surface area (Å²) in [5.74, 6) is 0.0430. The Balaban J connectivity index is 1.67. The molecule has 3 rings (SSSR count). The summed E-state index contributed by atoms with van der Waals surface area (Å²) in [6.45, 7) is 4.58. The van der Waals surface area contributed by atoms with Gasteiger partial charge in [-0.2, -0.15) is 0 Å². The minimum atomic E-state index is -0.450. The molecule has 1 aliphatic carbocycles. The second-order valence-corrected chi connectivity index (χ2v) is 8.21. The molecule has 0 fully saturated rings. The zero-order valence-corrected chi connectivity index (χ0v) is 16.1. The van der Waals surface area contributed by atoms with Crippen LogP contribution in [0, 0.1) is 5.92 Å². The fourth-order valence-electron chi connectivity index (χ4n) is 3.45. The Hall–Kier alpha value is -2.18. The summed E-state index contributed by atoms with van der Waals surface area (Å²) >= 11 is 1.51. The van der Waals surface area contributed by atoms with Crippen LogP contribution in [0.5, 0.6) is 0 Å². The third-order valence-corrected chi connectivity index (χ3v) is 6.16. The third-order valence-electron chi connectivity index (χ3n) is 4.99. The summed E-state index contributed by atoms with van der Waals surface area (Å²) in [5, 5.41) is 5.52. The van der Waals surface area contributed by atoms with Gasteiger partial charge in [0, 0.05) is 10.4 Å². The number of rotatable bonds is 6. The van der Waals surface area contributed by atoms with Crippen LogP contribution in [0.25, 0.3) is 0 Å². The number of fused-ring (bicyclic) bond motifs is 1. The molecule has 1 aromatic heterocycles. The standard InChI is InChI=1S/C20H25N3O2S/c1-12-8-9-15-16(10-12)26-20(18(15)19(21)25)23-17(24)11-22-13(2)14-6-4-3-5-7-14/h3-7,12-13,22H,8-11H2,1-2H3,(H2,21,25)(H,23,24)/p+1/t12-,13+/m1/s1. The number of nitrogens with one attached hydrogen (secondary N) is 1. The van der Waals surface area contributed by atoms with Crippen molar-refractivity contribution in [2.45, 2.75) is 39.2 Å². The van der Waals surface area contributed by atoms with Crippen molar-refractivity contribution >= 4 is 28.2 Å². The zero-order valence-electron chi connectivity index (χ0n) is 15.2. The van der Waals surface area contributed by atoms with Crippen LogP contribution in [0.3, 0.4) is 0 Å². The van der Waals surface area contributed by atoms with Gasteiger partial charge in [-0.3, -0.25) is 9.59 Å².